The van der Waals surface area contributed by atoms with Crippen molar-refractivity contribution in [2.24, 2.45) is 0 Å². The van der Waals surface area contributed by atoms with Gasteiger partial charge in [0, 0.05) is 13.7 Å². The van der Waals surface area contributed by atoms with Gasteiger partial charge in [-0.2, -0.15) is 0 Å². The lowest BCUT2D eigenvalue weighted by molar-refractivity contribution is -0.146. The fourth-order valence-electron chi connectivity index (χ4n) is 0.870. The highest BCUT2D eigenvalue weighted by Crippen LogP contribution is 1.89. The SMILES string of the molecule is COCCOC(=O)CN(C)CCC(=O)O. The Bertz CT molecular complexity index is 207. The summed E-state index contributed by atoms with van der Waals surface area (Å²) in [5, 5.41) is 8.41. The van der Waals surface area contributed by atoms with Gasteiger partial charge in [0.1, 0.15) is 6.61 Å². The highest BCUT2D eigenvalue weighted by atomic mass is 16.6. The molecule has 0 radical (unpaired) electrons. The zero-order valence-electron chi connectivity index (χ0n) is 9.06. The summed E-state index contributed by atoms with van der Waals surface area (Å²) in [6.45, 7) is 1.01. The molecule has 0 unspecified atom stereocenters. The average molecular weight is 219 g/mol. The molecule has 15 heavy (non-hydrogen) atoms. The normalized spacial score (nSPS) is 10.3. The first-order chi connectivity index (χ1) is 7.06. The van der Waals surface area contributed by atoms with Gasteiger partial charge in [0.2, 0.25) is 0 Å². The standard InChI is InChI=1S/C9H17NO5/c1-10(4-3-8(11)12)7-9(13)15-6-5-14-2/h3-7H2,1-2H3,(H,11,12). The van der Waals surface area contributed by atoms with E-state index in [1.807, 2.05) is 0 Å². The van der Waals surface area contributed by atoms with Crippen molar-refractivity contribution >= 4 is 11.9 Å². The first-order valence-electron chi connectivity index (χ1n) is 4.61. The lowest BCUT2D eigenvalue weighted by Gasteiger charge is -2.14. The highest BCUT2D eigenvalue weighted by molar-refractivity contribution is 5.71. The third-order valence-electron chi connectivity index (χ3n) is 1.66. The quantitative estimate of drug-likeness (QED) is 0.441. The van der Waals surface area contributed by atoms with Crippen LogP contribution in [0.4, 0.5) is 0 Å². The number of carbonyl (C=O) groups is 2. The second-order valence-electron chi connectivity index (χ2n) is 3.09. The lowest BCUT2D eigenvalue weighted by Crippen LogP contribution is -2.29. The predicted octanol–water partition coefficient (Wildman–Crippen LogP) is -0.417. The molecule has 0 saturated carbocycles. The van der Waals surface area contributed by atoms with Crippen molar-refractivity contribution in [3.8, 4) is 0 Å². The molecule has 6 heteroatoms. The van der Waals surface area contributed by atoms with Crippen molar-refractivity contribution < 1.29 is 24.2 Å². The van der Waals surface area contributed by atoms with E-state index in [1.165, 1.54) is 7.11 Å². The summed E-state index contributed by atoms with van der Waals surface area (Å²) < 4.78 is 9.51. The Hall–Kier alpha value is -1.14. The van der Waals surface area contributed by atoms with Crippen LogP contribution in [0.1, 0.15) is 6.42 Å². The van der Waals surface area contributed by atoms with Gasteiger partial charge in [-0.3, -0.25) is 14.5 Å². The molecule has 0 heterocycles. The number of hydrogen-bond donors (Lipinski definition) is 1. The van der Waals surface area contributed by atoms with E-state index in [1.54, 1.807) is 11.9 Å². The number of likely N-dealkylation sites (N-methyl/N-ethyl adjacent to an activating group) is 1. The Morgan fingerprint density at radius 1 is 1.33 bits per heavy atom. The molecule has 0 bridgehead atoms. The number of carboxylic acids is 1. The first kappa shape index (κ1) is 13.9. The number of rotatable bonds is 8. The minimum Gasteiger partial charge on any atom is -0.481 e. The van der Waals surface area contributed by atoms with E-state index in [0.29, 0.717) is 13.2 Å². The van der Waals surface area contributed by atoms with Crippen molar-refractivity contribution in [1.29, 1.82) is 0 Å². The summed E-state index contributed by atoms with van der Waals surface area (Å²) >= 11 is 0. The molecule has 0 aromatic carbocycles. The third-order valence-corrected chi connectivity index (χ3v) is 1.66. The Labute approximate surface area is 88.8 Å². The molecular weight excluding hydrogens is 202 g/mol. The fraction of sp³-hybridized carbons (Fsp3) is 0.778. The van der Waals surface area contributed by atoms with E-state index >= 15 is 0 Å². The van der Waals surface area contributed by atoms with E-state index in [0.717, 1.165) is 0 Å². The number of aliphatic carboxylic acids is 1. The van der Waals surface area contributed by atoms with Crippen molar-refractivity contribution in [1.82, 2.24) is 4.90 Å². The van der Waals surface area contributed by atoms with Crippen LogP contribution in [0.2, 0.25) is 0 Å². The van der Waals surface area contributed by atoms with Crippen molar-refractivity contribution in [2.75, 3.05) is 40.5 Å². The lowest BCUT2D eigenvalue weighted by atomic mass is 10.4. The van der Waals surface area contributed by atoms with E-state index in [4.69, 9.17) is 14.6 Å². The van der Waals surface area contributed by atoms with Gasteiger partial charge in [0.25, 0.3) is 0 Å². The summed E-state index contributed by atoms with van der Waals surface area (Å²) in [6.07, 6.45) is 0.0157. The van der Waals surface area contributed by atoms with E-state index in [2.05, 4.69) is 0 Å². The molecule has 0 atom stereocenters. The highest BCUT2D eigenvalue weighted by Gasteiger charge is 2.08. The van der Waals surface area contributed by atoms with Gasteiger partial charge in [-0.15, -0.1) is 0 Å². The van der Waals surface area contributed by atoms with Gasteiger partial charge in [0.15, 0.2) is 0 Å². The van der Waals surface area contributed by atoms with Gasteiger partial charge in [-0.25, -0.2) is 0 Å². The van der Waals surface area contributed by atoms with E-state index in [-0.39, 0.29) is 25.5 Å². The molecular formula is C9H17NO5. The molecule has 0 aliphatic rings. The van der Waals surface area contributed by atoms with Crippen molar-refractivity contribution in [2.45, 2.75) is 6.42 Å². The minimum atomic E-state index is -0.880. The second kappa shape index (κ2) is 8.19. The fourth-order valence-corrected chi connectivity index (χ4v) is 0.870. The van der Waals surface area contributed by atoms with Crippen LogP contribution in [-0.4, -0.2) is 62.4 Å². The summed E-state index contributed by atoms with van der Waals surface area (Å²) in [5.74, 6) is -1.26. The molecule has 0 fully saturated rings. The molecule has 0 aromatic heterocycles. The average Bonchev–Trinajstić information content (AvgIpc) is 2.15. The Balaban J connectivity index is 3.53. The zero-order chi connectivity index (χ0) is 11.7. The third kappa shape index (κ3) is 9.17. The summed E-state index contributed by atoms with van der Waals surface area (Å²) in [5.41, 5.74) is 0. The molecule has 1 N–H and O–H groups in total. The zero-order valence-corrected chi connectivity index (χ0v) is 9.06. The van der Waals surface area contributed by atoms with Crippen LogP contribution in [0.5, 0.6) is 0 Å². The van der Waals surface area contributed by atoms with Crippen LogP contribution in [0.25, 0.3) is 0 Å². The minimum absolute atomic E-state index is 0.0157. The topological polar surface area (TPSA) is 76.1 Å². The second-order valence-corrected chi connectivity index (χ2v) is 3.09. The van der Waals surface area contributed by atoms with Crippen LogP contribution in [0.3, 0.4) is 0 Å². The van der Waals surface area contributed by atoms with Gasteiger partial charge in [0.05, 0.1) is 19.6 Å². The predicted molar refractivity (Wildman–Crippen MR) is 52.6 cm³/mol. The molecule has 88 valence electrons. The van der Waals surface area contributed by atoms with Crippen molar-refractivity contribution in [3.63, 3.8) is 0 Å². The van der Waals surface area contributed by atoms with Gasteiger partial charge >= 0.3 is 11.9 Å². The number of esters is 1. The molecule has 0 saturated heterocycles. The Kier molecular flexibility index (Phi) is 7.57. The van der Waals surface area contributed by atoms with E-state index < -0.39 is 5.97 Å². The van der Waals surface area contributed by atoms with Gasteiger partial charge < -0.3 is 14.6 Å². The summed E-state index contributed by atoms with van der Waals surface area (Å²) in [6, 6.07) is 0. The summed E-state index contributed by atoms with van der Waals surface area (Å²) in [4.78, 5) is 22.9. The monoisotopic (exact) mass is 219 g/mol. The maximum absolute atomic E-state index is 11.1. The Morgan fingerprint density at radius 3 is 2.53 bits per heavy atom. The van der Waals surface area contributed by atoms with Crippen molar-refractivity contribution in [3.05, 3.63) is 0 Å². The van der Waals surface area contributed by atoms with Gasteiger partial charge in [-0.05, 0) is 7.05 Å². The molecule has 0 amide bonds. The van der Waals surface area contributed by atoms with Gasteiger partial charge in [-0.1, -0.05) is 0 Å². The Morgan fingerprint density at radius 2 is 2.00 bits per heavy atom. The summed E-state index contributed by atoms with van der Waals surface area (Å²) in [7, 11) is 3.19. The van der Waals surface area contributed by atoms with Crippen LogP contribution in [-0.2, 0) is 19.1 Å². The maximum atomic E-state index is 11.1. The van der Waals surface area contributed by atoms with Crippen LogP contribution >= 0.6 is 0 Å². The van der Waals surface area contributed by atoms with E-state index in [9.17, 15) is 9.59 Å². The number of carboxylic acid groups (broad SMARTS) is 1. The molecule has 0 rings (SSSR count). The number of nitrogens with zero attached hydrogens (tertiary/aromatic N) is 1. The number of ether oxygens (including phenoxy) is 2. The van der Waals surface area contributed by atoms with Crippen LogP contribution in [0, 0.1) is 0 Å². The molecule has 0 aromatic rings. The molecule has 0 spiro atoms. The smallest absolute Gasteiger partial charge is 0.320 e. The van der Waals surface area contributed by atoms with Crippen LogP contribution < -0.4 is 0 Å². The largest absolute Gasteiger partial charge is 0.481 e. The molecule has 0 aliphatic carbocycles. The first-order valence-corrected chi connectivity index (χ1v) is 4.61. The molecule has 0 aliphatic heterocycles. The van der Waals surface area contributed by atoms with Crippen LogP contribution in [0.15, 0.2) is 0 Å². The number of methoxy groups -OCH3 is 1. The molecule has 6 nitrogen and oxygen atoms in total. The number of hydrogen-bond acceptors (Lipinski definition) is 5. The number of carbonyl (C=O) groups excluding carboxylic acids is 1. The maximum Gasteiger partial charge on any atom is 0.320 e.